The number of hydrogen-bond donors (Lipinski definition) is 2. The van der Waals surface area contributed by atoms with Gasteiger partial charge >= 0.3 is 0 Å². The molecule has 2 heterocycles. The Labute approximate surface area is 101 Å². The van der Waals surface area contributed by atoms with Crippen LogP contribution in [0.25, 0.3) is 0 Å². The fourth-order valence-electron chi connectivity index (χ4n) is 1.78. The summed E-state index contributed by atoms with van der Waals surface area (Å²) in [5, 5.41) is 2.12. The Morgan fingerprint density at radius 2 is 1.82 bits per heavy atom. The third-order valence-electron chi connectivity index (χ3n) is 2.66. The maximum atomic E-state index is 5.65. The Morgan fingerprint density at radius 3 is 2.47 bits per heavy atom. The summed E-state index contributed by atoms with van der Waals surface area (Å²) >= 11 is 0. The second kappa shape index (κ2) is 5.13. The fraction of sp³-hybridized carbons (Fsp3) is 0.700. The zero-order valence-corrected chi connectivity index (χ0v) is 10.3. The van der Waals surface area contributed by atoms with Crippen LogP contribution >= 0.6 is 0 Å². The molecule has 0 aliphatic carbocycles. The summed E-state index contributed by atoms with van der Waals surface area (Å²) in [6, 6.07) is 0. The molecule has 7 heteroatoms. The van der Waals surface area contributed by atoms with Crippen molar-refractivity contribution in [2.45, 2.75) is 19.3 Å². The van der Waals surface area contributed by atoms with Crippen LogP contribution in [0.4, 0.5) is 17.8 Å². The number of rotatable bonds is 3. The van der Waals surface area contributed by atoms with Gasteiger partial charge in [0.05, 0.1) is 0 Å². The van der Waals surface area contributed by atoms with Gasteiger partial charge in [-0.15, -0.1) is 0 Å². The Kier molecular flexibility index (Phi) is 3.58. The van der Waals surface area contributed by atoms with Gasteiger partial charge in [0.15, 0.2) is 0 Å². The number of anilines is 3. The van der Waals surface area contributed by atoms with E-state index in [4.69, 9.17) is 5.73 Å². The van der Waals surface area contributed by atoms with Gasteiger partial charge in [0, 0.05) is 27.2 Å². The molecule has 1 aliphatic rings. The largest absolute Gasteiger partial charge is 0.368 e. The van der Waals surface area contributed by atoms with Crippen molar-refractivity contribution < 1.29 is 0 Å². The minimum absolute atomic E-state index is 0.239. The Morgan fingerprint density at radius 1 is 1.12 bits per heavy atom. The molecule has 94 valence electrons. The molecule has 1 saturated heterocycles. The third kappa shape index (κ3) is 3.16. The molecule has 1 aromatic heterocycles. The van der Waals surface area contributed by atoms with E-state index in [1.807, 2.05) is 14.1 Å². The number of hydrazine groups is 1. The Balaban J connectivity index is 2.09. The van der Waals surface area contributed by atoms with Gasteiger partial charge < -0.3 is 10.6 Å². The van der Waals surface area contributed by atoms with Gasteiger partial charge in [-0.3, -0.25) is 5.43 Å². The molecule has 0 saturated carbocycles. The van der Waals surface area contributed by atoms with Crippen LogP contribution in [0.2, 0.25) is 0 Å². The monoisotopic (exact) mass is 237 g/mol. The lowest BCUT2D eigenvalue weighted by Crippen LogP contribution is -2.35. The van der Waals surface area contributed by atoms with Crippen LogP contribution < -0.4 is 16.1 Å². The Bertz CT molecular complexity index is 373. The summed E-state index contributed by atoms with van der Waals surface area (Å²) < 4.78 is 0. The average molecular weight is 237 g/mol. The molecule has 0 radical (unpaired) electrons. The molecule has 2 rings (SSSR count). The Hall–Kier alpha value is -1.63. The highest BCUT2D eigenvalue weighted by Gasteiger charge is 2.12. The molecular weight excluding hydrogens is 218 g/mol. The normalized spacial score (nSPS) is 16.8. The predicted octanol–water partition coefficient (Wildman–Crippen LogP) is 0.333. The topological polar surface area (TPSA) is 83.2 Å². The SMILES string of the molecule is CN(C)c1nc(N)nc(NN2CCCCC2)n1. The lowest BCUT2D eigenvalue weighted by Gasteiger charge is -2.26. The van der Waals surface area contributed by atoms with Crippen LogP contribution in [0.3, 0.4) is 0 Å². The lowest BCUT2D eigenvalue weighted by atomic mass is 10.2. The van der Waals surface area contributed by atoms with E-state index in [1.54, 1.807) is 4.90 Å². The highest BCUT2D eigenvalue weighted by atomic mass is 15.5. The number of aromatic nitrogens is 3. The standard InChI is InChI=1S/C10H19N7/c1-16(2)10-13-8(11)12-9(14-10)15-17-6-4-3-5-7-17/h3-7H2,1-2H3,(H3,11,12,13,14,15). The van der Waals surface area contributed by atoms with Gasteiger partial charge in [-0.1, -0.05) is 6.42 Å². The van der Waals surface area contributed by atoms with Gasteiger partial charge in [0.2, 0.25) is 17.8 Å². The fourth-order valence-corrected chi connectivity index (χ4v) is 1.78. The number of nitrogens with two attached hydrogens (primary N) is 1. The quantitative estimate of drug-likeness (QED) is 0.784. The van der Waals surface area contributed by atoms with Crippen molar-refractivity contribution in [3.05, 3.63) is 0 Å². The molecule has 0 atom stereocenters. The smallest absolute Gasteiger partial charge is 0.244 e. The van der Waals surface area contributed by atoms with Crippen molar-refractivity contribution in [2.24, 2.45) is 0 Å². The summed E-state index contributed by atoms with van der Waals surface area (Å²) in [5.74, 6) is 1.32. The third-order valence-corrected chi connectivity index (χ3v) is 2.66. The van der Waals surface area contributed by atoms with Gasteiger partial charge in [0.25, 0.3) is 0 Å². The molecule has 17 heavy (non-hydrogen) atoms. The zero-order chi connectivity index (χ0) is 12.3. The molecule has 1 aromatic rings. The second-order valence-corrected chi connectivity index (χ2v) is 4.37. The van der Waals surface area contributed by atoms with Crippen LogP contribution in [0.15, 0.2) is 0 Å². The van der Waals surface area contributed by atoms with E-state index in [0.29, 0.717) is 11.9 Å². The van der Waals surface area contributed by atoms with Crippen LogP contribution in [-0.4, -0.2) is 47.1 Å². The van der Waals surface area contributed by atoms with Crippen molar-refractivity contribution >= 4 is 17.8 Å². The van der Waals surface area contributed by atoms with Gasteiger partial charge in [0.1, 0.15) is 0 Å². The molecule has 0 aromatic carbocycles. The van der Waals surface area contributed by atoms with Crippen LogP contribution in [-0.2, 0) is 0 Å². The van der Waals surface area contributed by atoms with Crippen molar-refractivity contribution in [2.75, 3.05) is 43.2 Å². The average Bonchev–Trinajstić information content (AvgIpc) is 2.29. The molecule has 3 N–H and O–H groups in total. The van der Waals surface area contributed by atoms with Gasteiger partial charge in [-0.2, -0.15) is 15.0 Å². The number of piperidine rings is 1. The molecule has 7 nitrogen and oxygen atoms in total. The van der Waals surface area contributed by atoms with Crippen LogP contribution in [0.1, 0.15) is 19.3 Å². The zero-order valence-electron chi connectivity index (χ0n) is 10.3. The second-order valence-electron chi connectivity index (χ2n) is 4.37. The van der Waals surface area contributed by atoms with Gasteiger partial charge in [-0.25, -0.2) is 5.01 Å². The summed E-state index contributed by atoms with van der Waals surface area (Å²) in [5.41, 5.74) is 8.84. The molecule has 1 fully saturated rings. The first kappa shape index (κ1) is 11.8. The van der Waals surface area contributed by atoms with Crippen molar-refractivity contribution in [3.63, 3.8) is 0 Å². The molecule has 1 aliphatic heterocycles. The predicted molar refractivity (Wildman–Crippen MR) is 67.6 cm³/mol. The minimum Gasteiger partial charge on any atom is -0.368 e. The summed E-state index contributed by atoms with van der Waals surface area (Å²) in [6.45, 7) is 2.03. The van der Waals surface area contributed by atoms with Crippen molar-refractivity contribution in [1.82, 2.24) is 20.0 Å². The van der Waals surface area contributed by atoms with E-state index in [9.17, 15) is 0 Å². The van der Waals surface area contributed by atoms with E-state index < -0.39 is 0 Å². The maximum absolute atomic E-state index is 5.65. The van der Waals surface area contributed by atoms with Crippen LogP contribution in [0, 0.1) is 0 Å². The summed E-state index contributed by atoms with van der Waals surface area (Å²) in [7, 11) is 3.75. The van der Waals surface area contributed by atoms with E-state index in [2.05, 4.69) is 25.4 Å². The van der Waals surface area contributed by atoms with E-state index in [0.717, 1.165) is 13.1 Å². The first-order chi connectivity index (χ1) is 8.15. The first-order valence-electron chi connectivity index (χ1n) is 5.85. The minimum atomic E-state index is 0.239. The number of nitrogens with one attached hydrogen (secondary N) is 1. The highest BCUT2D eigenvalue weighted by molar-refractivity contribution is 5.40. The number of nitrogen functional groups attached to an aromatic ring is 1. The van der Waals surface area contributed by atoms with E-state index in [-0.39, 0.29) is 5.95 Å². The molecule has 0 unspecified atom stereocenters. The summed E-state index contributed by atoms with van der Waals surface area (Å²) in [6.07, 6.45) is 3.70. The number of hydrogen-bond acceptors (Lipinski definition) is 7. The molecular formula is C10H19N7. The van der Waals surface area contributed by atoms with Crippen LogP contribution in [0.5, 0.6) is 0 Å². The van der Waals surface area contributed by atoms with Crippen molar-refractivity contribution in [1.29, 1.82) is 0 Å². The highest BCUT2D eigenvalue weighted by Crippen LogP contribution is 2.13. The van der Waals surface area contributed by atoms with E-state index >= 15 is 0 Å². The lowest BCUT2D eigenvalue weighted by molar-refractivity contribution is 0.271. The maximum Gasteiger partial charge on any atom is 0.244 e. The number of nitrogens with zero attached hydrogens (tertiary/aromatic N) is 5. The summed E-state index contributed by atoms with van der Waals surface area (Å²) in [4.78, 5) is 14.2. The molecule has 0 bridgehead atoms. The van der Waals surface area contributed by atoms with Crippen molar-refractivity contribution in [3.8, 4) is 0 Å². The molecule has 0 spiro atoms. The van der Waals surface area contributed by atoms with E-state index in [1.165, 1.54) is 19.3 Å². The van der Waals surface area contributed by atoms with Gasteiger partial charge in [-0.05, 0) is 12.8 Å². The first-order valence-corrected chi connectivity index (χ1v) is 5.85. The molecule has 0 amide bonds.